The van der Waals surface area contributed by atoms with Gasteiger partial charge in [-0.3, -0.25) is 0 Å². The van der Waals surface area contributed by atoms with Gasteiger partial charge in [0.05, 0.1) is 10.2 Å². The lowest BCUT2D eigenvalue weighted by molar-refractivity contribution is 0.669. The van der Waals surface area contributed by atoms with E-state index in [1.54, 1.807) is 11.3 Å². The summed E-state index contributed by atoms with van der Waals surface area (Å²) in [6, 6.07) is 20.2. The highest BCUT2D eigenvalue weighted by atomic mass is 35.5. The molecule has 5 rings (SSSR count). The Labute approximate surface area is 140 Å². The lowest BCUT2D eigenvalue weighted by Crippen LogP contribution is -1.73. The number of rotatable bonds is 1. The molecule has 0 saturated heterocycles. The third kappa shape index (κ3) is 2.05. The van der Waals surface area contributed by atoms with Gasteiger partial charge in [-0.05, 0) is 18.2 Å². The first kappa shape index (κ1) is 13.1. The van der Waals surface area contributed by atoms with Gasteiger partial charge in [0.15, 0.2) is 0 Å². The molecule has 0 bridgehead atoms. The van der Waals surface area contributed by atoms with Crippen molar-refractivity contribution >= 4 is 55.1 Å². The van der Waals surface area contributed by atoms with Gasteiger partial charge in [0.2, 0.25) is 0 Å². The average molecular weight is 336 g/mol. The van der Waals surface area contributed by atoms with Gasteiger partial charge < -0.3 is 4.42 Å². The maximum atomic E-state index is 6.05. The molecule has 23 heavy (non-hydrogen) atoms. The lowest BCUT2D eigenvalue weighted by atomic mass is 10.1. The summed E-state index contributed by atoms with van der Waals surface area (Å²) in [7, 11) is 0. The molecule has 0 spiro atoms. The smallest absolute Gasteiger partial charge is 0.137 e. The van der Waals surface area contributed by atoms with E-state index in [-0.39, 0.29) is 0 Å². The summed E-state index contributed by atoms with van der Waals surface area (Å²) >= 11 is 7.75. The molecule has 0 N–H and O–H groups in total. The van der Waals surface area contributed by atoms with E-state index in [4.69, 9.17) is 21.0 Å². The number of furan rings is 1. The van der Waals surface area contributed by atoms with Crippen LogP contribution in [-0.2, 0) is 0 Å². The van der Waals surface area contributed by atoms with Gasteiger partial charge in [0.25, 0.3) is 0 Å². The van der Waals surface area contributed by atoms with Gasteiger partial charge >= 0.3 is 0 Å². The summed E-state index contributed by atoms with van der Waals surface area (Å²) in [4.78, 5) is 4.75. The first-order valence-electron chi connectivity index (χ1n) is 7.26. The summed E-state index contributed by atoms with van der Waals surface area (Å²) in [6.07, 6.45) is 0. The van der Waals surface area contributed by atoms with Crippen LogP contribution in [-0.4, -0.2) is 4.98 Å². The molecule has 0 aliphatic carbocycles. The summed E-state index contributed by atoms with van der Waals surface area (Å²) in [5.41, 5.74) is 3.77. The van der Waals surface area contributed by atoms with Crippen LogP contribution in [0.5, 0.6) is 0 Å². The van der Waals surface area contributed by atoms with Crippen LogP contribution in [0, 0.1) is 0 Å². The summed E-state index contributed by atoms with van der Waals surface area (Å²) in [5.74, 6) is 0. The topological polar surface area (TPSA) is 26.0 Å². The van der Waals surface area contributed by atoms with Crippen LogP contribution in [0.25, 0.3) is 42.7 Å². The second-order valence-electron chi connectivity index (χ2n) is 5.44. The zero-order valence-electron chi connectivity index (χ0n) is 11.9. The fourth-order valence-corrected chi connectivity index (χ4v) is 4.03. The molecule has 0 aliphatic rings. The Morgan fingerprint density at radius 2 is 1.70 bits per heavy atom. The normalized spacial score (nSPS) is 11.7. The van der Waals surface area contributed by atoms with Gasteiger partial charge in [-0.15, -0.1) is 11.3 Å². The molecule has 0 fully saturated rings. The van der Waals surface area contributed by atoms with Crippen LogP contribution in [0.2, 0.25) is 5.02 Å². The molecule has 3 aromatic carbocycles. The predicted molar refractivity (Wildman–Crippen MR) is 97.3 cm³/mol. The summed E-state index contributed by atoms with van der Waals surface area (Å²) in [5, 5.41) is 3.90. The maximum Gasteiger partial charge on any atom is 0.137 e. The molecule has 0 unspecified atom stereocenters. The van der Waals surface area contributed by atoms with Crippen LogP contribution in [0.3, 0.4) is 0 Å². The van der Waals surface area contributed by atoms with Gasteiger partial charge in [-0.1, -0.05) is 41.9 Å². The second-order valence-corrected chi connectivity index (χ2v) is 6.91. The molecule has 5 aromatic rings. The molecule has 0 radical (unpaired) electrons. The van der Waals surface area contributed by atoms with Crippen LogP contribution in [0.1, 0.15) is 0 Å². The zero-order chi connectivity index (χ0) is 15.4. The highest BCUT2D eigenvalue weighted by molar-refractivity contribution is 7.21. The van der Waals surface area contributed by atoms with Crippen molar-refractivity contribution in [3.63, 3.8) is 0 Å². The van der Waals surface area contributed by atoms with E-state index < -0.39 is 0 Å². The standard InChI is InChI=1S/C19H10ClNOS/c20-12-6-7-13-14-9-18-15(10-17(14)22-16(13)8-12)21-19(23-18)11-4-2-1-3-5-11/h1-10H. The molecule has 2 heterocycles. The van der Waals surface area contributed by atoms with Crippen LogP contribution < -0.4 is 0 Å². The minimum Gasteiger partial charge on any atom is -0.456 e. The molecule has 0 amide bonds. The van der Waals surface area contributed by atoms with Crippen LogP contribution in [0.15, 0.2) is 65.1 Å². The third-order valence-corrected chi connectivity index (χ3v) is 5.27. The van der Waals surface area contributed by atoms with Crippen molar-refractivity contribution < 1.29 is 4.42 Å². The van der Waals surface area contributed by atoms with Crippen molar-refractivity contribution in [3.8, 4) is 10.6 Å². The maximum absolute atomic E-state index is 6.05. The van der Waals surface area contributed by atoms with E-state index in [1.165, 1.54) is 0 Å². The Kier molecular flexibility index (Phi) is 2.75. The number of halogens is 1. The minimum absolute atomic E-state index is 0.683. The molecular formula is C19H10ClNOS. The zero-order valence-corrected chi connectivity index (χ0v) is 13.5. The number of hydrogen-bond donors (Lipinski definition) is 0. The number of aromatic nitrogens is 1. The van der Waals surface area contributed by atoms with E-state index in [1.807, 2.05) is 42.5 Å². The Morgan fingerprint density at radius 1 is 0.870 bits per heavy atom. The SMILES string of the molecule is Clc1ccc2c(c1)oc1cc3nc(-c4ccccc4)sc3cc12. The van der Waals surface area contributed by atoms with Crippen molar-refractivity contribution in [3.05, 3.63) is 65.7 Å². The van der Waals surface area contributed by atoms with E-state index in [0.717, 1.165) is 42.7 Å². The Balaban J connectivity index is 1.79. The van der Waals surface area contributed by atoms with Gasteiger partial charge in [0, 0.05) is 33.5 Å². The van der Waals surface area contributed by atoms with Gasteiger partial charge in [-0.2, -0.15) is 0 Å². The quantitative estimate of drug-likeness (QED) is 0.348. The molecule has 110 valence electrons. The van der Waals surface area contributed by atoms with Gasteiger partial charge in [0.1, 0.15) is 16.2 Å². The number of fused-ring (bicyclic) bond motifs is 4. The number of hydrogen-bond acceptors (Lipinski definition) is 3. The van der Waals surface area contributed by atoms with E-state index in [2.05, 4.69) is 18.2 Å². The highest BCUT2D eigenvalue weighted by Gasteiger charge is 2.12. The Hall–Kier alpha value is -2.36. The molecule has 0 atom stereocenters. The van der Waals surface area contributed by atoms with Crippen LogP contribution in [0.4, 0.5) is 0 Å². The molecule has 2 nitrogen and oxygen atoms in total. The van der Waals surface area contributed by atoms with Gasteiger partial charge in [-0.25, -0.2) is 4.98 Å². The molecular weight excluding hydrogens is 326 g/mol. The lowest BCUT2D eigenvalue weighted by Gasteiger charge is -1.92. The average Bonchev–Trinajstić information content (AvgIpc) is 3.13. The minimum atomic E-state index is 0.683. The predicted octanol–water partition coefficient (Wildman–Crippen LogP) is 6.52. The molecule has 0 saturated carbocycles. The fraction of sp³-hybridized carbons (Fsp3) is 0. The summed E-state index contributed by atoms with van der Waals surface area (Å²) in [6.45, 7) is 0. The van der Waals surface area contributed by atoms with E-state index >= 15 is 0 Å². The van der Waals surface area contributed by atoms with Crippen molar-refractivity contribution in [2.24, 2.45) is 0 Å². The second kappa shape index (κ2) is 4.82. The summed E-state index contributed by atoms with van der Waals surface area (Å²) < 4.78 is 7.10. The van der Waals surface area contributed by atoms with Crippen molar-refractivity contribution in [1.29, 1.82) is 0 Å². The monoisotopic (exact) mass is 335 g/mol. The first-order chi connectivity index (χ1) is 11.3. The Morgan fingerprint density at radius 3 is 2.57 bits per heavy atom. The van der Waals surface area contributed by atoms with Crippen molar-refractivity contribution in [2.45, 2.75) is 0 Å². The first-order valence-corrected chi connectivity index (χ1v) is 8.45. The van der Waals surface area contributed by atoms with Crippen molar-refractivity contribution in [2.75, 3.05) is 0 Å². The molecule has 2 aromatic heterocycles. The Bertz CT molecular complexity index is 1170. The number of thiazole rings is 1. The fourth-order valence-electron chi connectivity index (χ4n) is 2.88. The van der Waals surface area contributed by atoms with E-state index in [0.29, 0.717) is 5.02 Å². The van der Waals surface area contributed by atoms with E-state index in [9.17, 15) is 0 Å². The number of benzene rings is 3. The van der Waals surface area contributed by atoms with Crippen molar-refractivity contribution in [1.82, 2.24) is 4.98 Å². The third-order valence-electron chi connectivity index (χ3n) is 3.96. The highest BCUT2D eigenvalue weighted by Crippen LogP contribution is 2.37. The largest absolute Gasteiger partial charge is 0.456 e. The van der Waals surface area contributed by atoms with Crippen LogP contribution >= 0.6 is 22.9 Å². The molecule has 0 aliphatic heterocycles. The molecule has 4 heteroatoms. The number of nitrogens with zero attached hydrogens (tertiary/aromatic N) is 1.